The zero-order valence-electron chi connectivity index (χ0n) is 9.16. The van der Waals surface area contributed by atoms with E-state index in [1.54, 1.807) is 6.92 Å². The predicted molar refractivity (Wildman–Crippen MR) is 57.1 cm³/mol. The molecule has 5 nitrogen and oxygen atoms in total. The van der Waals surface area contributed by atoms with Gasteiger partial charge in [0.2, 0.25) is 11.8 Å². The minimum atomic E-state index is -0.274. The van der Waals surface area contributed by atoms with Gasteiger partial charge in [0.1, 0.15) is 0 Å². The maximum Gasteiger partial charge on any atom is 0.219 e. The van der Waals surface area contributed by atoms with Crippen LogP contribution in [0.15, 0.2) is 0 Å². The minimum Gasteiger partial charge on any atom is -0.370 e. The Morgan fingerprint density at radius 2 is 2.00 bits per heavy atom. The number of carbonyl (C=O) groups is 2. The molecule has 3 N–H and O–H groups in total. The van der Waals surface area contributed by atoms with Crippen LogP contribution in [-0.2, 0) is 9.59 Å². The average Bonchev–Trinajstić information content (AvgIpc) is 2.18. The van der Waals surface area contributed by atoms with E-state index in [1.807, 2.05) is 4.90 Å². The van der Waals surface area contributed by atoms with Gasteiger partial charge in [-0.05, 0) is 12.8 Å². The molecule has 0 aromatic rings. The van der Waals surface area contributed by atoms with Crippen molar-refractivity contribution in [3.8, 4) is 0 Å². The van der Waals surface area contributed by atoms with Crippen molar-refractivity contribution in [2.45, 2.75) is 32.2 Å². The van der Waals surface area contributed by atoms with Gasteiger partial charge in [0.05, 0.1) is 0 Å². The van der Waals surface area contributed by atoms with Crippen LogP contribution in [0.3, 0.4) is 0 Å². The molecule has 86 valence electrons. The van der Waals surface area contributed by atoms with Crippen LogP contribution in [-0.4, -0.2) is 42.4 Å². The van der Waals surface area contributed by atoms with Crippen molar-refractivity contribution in [2.24, 2.45) is 5.73 Å². The summed E-state index contributed by atoms with van der Waals surface area (Å²) in [6.45, 7) is 3.86. The SMILES string of the molecule is CC(=O)N1CCC(NCCC(N)=O)CC1. The normalized spacial score (nSPS) is 17.8. The van der Waals surface area contributed by atoms with Gasteiger partial charge in [0, 0.05) is 39.0 Å². The molecule has 1 aliphatic heterocycles. The summed E-state index contributed by atoms with van der Waals surface area (Å²) in [5.74, 6) is -0.130. The molecule has 1 saturated heterocycles. The molecule has 1 rings (SSSR count). The van der Waals surface area contributed by atoms with Crippen molar-refractivity contribution < 1.29 is 9.59 Å². The third kappa shape index (κ3) is 4.29. The Hall–Kier alpha value is -1.10. The number of nitrogens with one attached hydrogen (secondary N) is 1. The second-order valence-corrected chi connectivity index (χ2v) is 3.95. The van der Waals surface area contributed by atoms with E-state index >= 15 is 0 Å². The third-order valence-electron chi connectivity index (χ3n) is 2.74. The number of amides is 2. The molecule has 0 bridgehead atoms. The van der Waals surface area contributed by atoms with E-state index in [-0.39, 0.29) is 11.8 Å². The van der Waals surface area contributed by atoms with Gasteiger partial charge in [-0.3, -0.25) is 9.59 Å². The van der Waals surface area contributed by atoms with E-state index in [0.717, 1.165) is 25.9 Å². The third-order valence-corrected chi connectivity index (χ3v) is 2.74. The van der Waals surface area contributed by atoms with Gasteiger partial charge in [0.25, 0.3) is 0 Å². The van der Waals surface area contributed by atoms with E-state index < -0.39 is 0 Å². The molecule has 0 aliphatic carbocycles. The topological polar surface area (TPSA) is 75.4 Å². The lowest BCUT2D eigenvalue weighted by Gasteiger charge is -2.31. The molecule has 2 amide bonds. The Morgan fingerprint density at radius 3 is 2.47 bits per heavy atom. The van der Waals surface area contributed by atoms with Crippen molar-refractivity contribution in [1.29, 1.82) is 0 Å². The highest BCUT2D eigenvalue weighted by atomic mass is 16.2. The first kappa shape index (κ1) is 12.0. The molecule has 0 aromatic heterocycles. The van der Waals surface area contributed by atoms with Gasteiger partial charge in [-0.15, -0.1) is 0 Å². The zero-order valence-corrected chi connectivity index (χ0v) is 9.16. The molecule has 1 heterocycles. The first-order chi connectivity index (χ1) is 7.09. The smallest absolute Gasteiger partial charge is 0.219 e. The van der Waals surface area contributed by atoms with Crippen molar-refractivity contribution >= 4 is 11.8 Å². The fraction of sp³-hybridized carbons (Fsp3) is 0.800. The highest BCUT2D eigenvalue weighted by Gasteiger charge is 2.19. The molecule has 0 spiro atoms. The van der Waals surface area contributed by atoms with Gasteiger partial charge in [0.15, 0.2) is 0 Å². The number of nitrogens with zero attached hydrogens (tertiary/aromatic N) is 1. The number of likely N-dealkylation sites (tertiary alicyclic amines) is 1. The molecule has 1 aliphatic rings. The summed E-state index contributed by atoms with van der Waals surface area (Å²) < 4.78 is 0. The van der Waals surface area contributed by atoms with Crippen molar-refractivity contribution in [1.82, 2.24) is 10.2 Å². The molecule has 0 unspecified atom stereocenters. The van der Waals surface area contributed by atoms with Gasteiger partial charge >= 0.3 is 0 Å². The van der Waals surface area contributed by atoms with Crippen LogP contribution < -0.4 is 11.1 Å². The molecule has 0 aromatic carbocycles. The number of primary amides is 1. The summed E-state index contributed by atoms with van der Waals surface area (Å²) in [4.78, 5) is 23.4. The Morgan fingerprint density at radius 1 is 1.40 bits per heavy atom. The van der Waals surface area contributed by atoms with Crippen LogP contribution >= 0.6 is 0 Å². The summed E-state index contributed by atoms with van der Waals surface area (Å²) >= 11 is 0. The van der Waals surface area contributed by atoms with E-state index in [4.69, 9.17) is 5.73 Å². The lowest BCUT2D eigenvalue weighted by Crippen LogP contribution is -2.44. The van der Waals surface area contributed by atoms with E-state index in [0.29, 0.717) is 19.0 Å². The first-order valence-electron chi connectivity index (χ1n) is 5.37. The van der Waals surface area contributed by atoms with E-state index in [2.05, 4.69) is 5.32 Å². The van der Waals surface area contributed by atoms with Crippen LogP contribution in [0.4, 0.5) is 0 Å². The minimum absolute atomic E-state index is 0.144. The monoisotopic (exact) mass is 213 g/mol. The average molecular weight is 213 g/mol. The van der Waals surface area contributed by atoms with Crippen LogP contribution in [0.25, 0.3) is 0 Å². The Bertz CT molecular complexity index is 232. The molecule has 15 heavy (non-hydrogen) atoms. The number of nitrogens with two attached hydrogens (primary N) is 1. The molecular weight excluding hydrogens is 194 g/mol. The van der Waals surface area contributed by atoms with Crippen LogP contribution in [0.2, 0.25) is 0 Å². The molecule has 0 atom stereocenters. The van der Waals surface area contributed by atoms with Gasteiger partial charge in [-0.2, -0.15) is 0 Å². The number of hydrogen-bond donors (Lipinski definition) is 2. The first-order valence-corrected chi connectivity index (χ1v) is 5.37. The molecule has 0 radical (unpaired) electrons. The van der Waals surface area contributed by atoms with Crippen molar-refractivity contribution in [2.75, 3.05) is 19.6 Å². The summed E-state index contributed by atoms with van der Waals surface area (Å²) in [5, 5.41) is 3.27. The molecule has 1 fully saturated rings. The second kappa shape index (κ2) is 5.70. The largest absolute Gasteiger partial charge is 0.370 e. The highest BCUT2D eigenvalue weighted by molar-refractivity contribution is 5.74. The van der Waals surface area contributed by atoms with E-state index in [1.165, 1.54) is 0 Å². The van der Waals surface area contributed by atoms with Gasteiger partial charge in [-0.1, -0.05) is 0 Å². The predicted octanol–water partition coefficient (Wildman–Crippen LogP) is -0.538. The Balaban J connectivity index is 2.14. The Labute approximate surface area is 90.0 Å². The molecule has 0 saturated carbocycles. The number of carbonyl (C=O) groups excluding carboxylic acids is 2. The highest BCUT2D eigenvalue weighted by Crippen LogP contribution is 2.09. The summed E-state index contributed by atoms with van der Waals surface area (Å²) in [5.41, 5.74) is 5.04. The van der Waals surface area contributed by atoms with Crippen molar-refractivity contribution in [3.63, 3.8) is 0 Å². The van der Waals surface area contributed by atoms with Crippen molar-refractivity contribution in [3.05, 3.63) is 0 Å². The number of piperidine rings is 1. The fourth-order valence-electron chi connectivity index (χ4n) is 1.80. The summed E-state index contributed by atoms with van der Waals surface area (Å²) in [6.07, 6.45) is 2.30. The van der Waals surface area contributed by atoms with E-state index in [9.17, 15) is 9.59 Å². The lowest BCUT2D eigenvalue weighted by atomic mass is 10.1. The standard InChI is InChI=1S/C10H19N3O2/c1-8(14)13-6-3-9(4-7-13)12-5-2-10(11)15/h9,12H,2-7H2,1H3,(H2,11,15). The quantitative estimate of drug-likeness (QED) is 0.658. The van der Waals surface area contributed by atoms with Crippen LogP contribution in [0.1, 0.15) is 26.2 Å². The van der Waals surface area contributed by atoms with Gasteiger partial charge in [-0.25, -0.2) is 0 Å². The lowest BCUT2D eigenvalue weighted by molar-refractivity contribution is -0.129. The number of rotatable bonds is 4. The Kier molecular flexibility index (Phi) is 4.55. The number of hydrogen-bond acceptors (Lipinski definition) is 3. The van der Waals surface area contributed by atoms with Crippen LogP contribution in [0, 0.1) is 0 Å². The molecule has 5 heteroatoms. The zero-order chi connectivity index (χ0) is 11.3. The second-order valence-electron chi connectivity index (χ2n) is 3.95. The van der Waals surface area contributed by atoms with Gasteiger partial charge < -0.3 is 16.0 Å². The summed E-state index contributed by atoms with van der Waals surface area (Å²) in [6, 6.07) is 0.417. The maximum atomic E-state index is 11.1. The fourth-order valence-corrected chi connectivity index (χ4v) is 1.80. The molecular formula is C10H19N3O2. The summed E-state index contributed by atoms with van der Waals surface area (Å²) in [7, 11) is 0. The van der Waals surface area contributed by atoms with Crippen LogP contribution in [0.5, 0.6) is 0 Å². The maximum absolute atomic E-state index is 11.1.